The summed E-state index contributed by atoms with van der Waals surface area (Å²) in [6.45, 7) is 0.361. The Labute approximate surface area is 171 Å². The topological polar surface area (TPSA) is 56.1 Å². The van der Waals surface area contributed by atoms with Gasteiger partial charge in [0.2, 0.25) is 0 Å². The van der Waals surface area contributed by atoms with Gasteiger partial charge in [0.05, 0.1) is 16.5 Å². The van der Waals surface area contributed by atoms with E-state index in [1.165, 1.54) is 0 Å². The number of halogens is 1. The van der Waals surface area contributed by atoms with Crippen LogP contribution in [0.5, 0.6) is 5.75 Å². The molecule has 0 radical (unpaired) electrons. The van der Waals surface area contributed by atoms with Crippen molar-refractivity contribution < 1.29 is 9.53 Å². The van der Waals surface area contributed by atoms with E-state index in [-0.39, 0.29) is 12.5 Å². The Kier molecular flexibility index (Phi) is 5.39. The molecule has 0 fully saturated rings. The first-order chi connectivity index (χ1) is 13.7. The highest BCUT2D eigenvalue weighted by Gasteiger charge is 2.10. The van der Waals surface area contributed by atoms with E-state index < -0.39 is 0 Å². The van der Waals surface area contributed by atoms with Crippen molar-refractivity contribution in [2.45, 2.75) is 6.54 Å². The number of carbonyl (C=O) groups is 1. The number of carbonyl (C=O) groups excluding carboxylic acids is 1. The summed E-state index contributed by atoms with van der Waals surface area (Å²) in [6.07, 6.45) is 5.34. The van der Waals surface area contributed by atoms with Crippen LogP contribution in [0.15, 0.2) is 83.9 Å². The maximum atomic E-state index is 12.3. The Morgan fingerprint density at radius 3 is 2.75 bits per heavy atom. The number of aromatic nitrogens is 2. The van der Waals surface area contributed by atoms with Crippen molar-refractivity contribution in [2.75, 3.05) is 6.61 Å². The Morgan fingerprint density at radius 1 is 1.07 bits per heavy atom. The summed E-state index contributed by atoms with van der Waals surface area (Å²) in [5.41, 5.74) is 1.99. The van der Waals surface area contributed by atoms with Crippen molar-refractivity contribution >= 4 is 32.6 Å². The Hall–Kier alpha value is -3.12. The molecular formula is C22H18BrN3O2. The number of hydrogen-bond donors (Lipinski definition) is 1. The van der Waals surface area contributed by atoms with E-state index in [0.717, 1.165) is 26.5 Å². The van der Waals surface area contributed by atoms with Crippen LogP contribution in [0.2, 0.25) is 0 Å². The third-order valence-corrected chi connectivity index (χ3v) is 5.25. The number of para-hydroxylation sites is 1. The van der Waals surface area contributed by atoms with E-state index >= 15 is 0 Å². The van der Waals surface area contributed by atoms with Crippen LogP contribution in [0.1, 0.15) is 5.56 Å². The molecule has 0 spiro atoms. The Morgan fingerprint density at radius 2 is 1.89 bits per heavy atom. The number of fused-ring (bicyclic) bond motifs is 1. The minimum absolute atomic E-state index is 0.0514. The lowest BCUT2D eigenvalue weighted by Gasteiger charge is -2.13. The molecule has 1 amide bonds. The summed E-state index contributed by atoms with van der Waals surface area (Å²) in [6, 6.07) is 19.7. The SMILES string of the molecule is O=C(COc1ccc2ccccc2c1Br)NCc1ccccc1-n1ccnc1. The highest BCUT2D eigenvalue weighted by molar-refractivity contribution is 9.10. The van der Waals surface area contributed by atoms with Crippen LogP contribution in [0, 0.1) is 0 Å². The first-order valence-electron chi connectivity index (χ1n) is 8.85. The fraction of sp³-hybridized carbons (Fsp3) is 0.0909. The molecule has 140 valence electrons. The summed E-state index contributed by atoms with van der Waals surface area (Å²) in [5, 5.41) is 5.08. The smallest absolute Gasteiger partial charge is 0.258 e. The second-order valence-electron chi connectivity index (χ2n) is 6.26. The number of nitrogens with zero attached hydrogens (tertiary/aromatic N) is 2. The van der Waals surface area contributed by atoms with Crippen LogP contribution in [0.25, 0.3) is 16.5 Å². The van der Waals surface area contributed by atoms with Crippen molar-refractivity contribution in [3.8, 4) is 11.4 Å². The summed E-state index contributed by atoms with van der Waals surface area (Å²) < 4.78 is 8.50. The van der Waals surface area contributed by atoms with Crippen LogP contribution >= 0.6 is 15.9 Å². The van der Waals surface area contributed by atoms with Gasteiger partial charge in [-0.2, -0.15) is 0 Å². The van der Waals surface area contributed by atoms with Gasteiger partial charge in [-0.25, -0.2) is 4.98 Å². The predicted molar refractivity (Wildman–Crippen MR) is 113 cm³/mol. The third kappa shape index (κ3) is 3.92. The van der Waals surface area contributed by atoms with Gasteiger partial charge >= 0.3 is 0 Å². The van der Waals surface area contributed by atoms with Crippen LogP contribution in [-0.2, 0) is 11.3 Å². The van der Waals surface area contributed by atoms with E-state index in [2.05, 4.69) is 26.2 Å². The zero-order chi connectivity index (χ0) is 19.3. The van der Waals surface area contributed by atoms with Gasteiger partial charge in [-0.15, -0.1) is 0 Å². The van der Waals surface area contributed by atoms with E-state index in [1.54, 1.807) is 12.5 Å². The second kappa shape index (κ2) is 8.27. The molecule has 5 nitrogen and oxygen atoms in total. The van der Waals surface area contributed by atoms with E-state index in [9.17, 15) is 4.79 Å². The number of amides is 1. The van der Waals surface area contributed by atoms with Gasteiger partial charge in [0.25, 0.3) is 5.91 Å². The maximum Gasteiger partial charge on any atom is 0.258 e. The Balaban J connectivity index is 1.39. The molecule has 28 heavy (non-hydrogen) atoms. The summed E-state index contributed by atoms with van der Waals surface area (Å²) in [5.74, 6) is 0.466. The van der Waals surface area contributed by atoms with Gasteiger partial charge < -0.3 is 14.6 Å². The number of rotatable bonds is 6. The first kappa shape index (κ1) is 18.3. The molecule has 0 atom stereocenters. The van der Waals surface area contributed by atoms with Crippen molar-refractivity contribution in [3.05, 3.63) is 89.4 Å². The van der Waals surface area contributed by atoms with Gasteiger partial charge in [-0.1, -0.05) is 48.5 Å². The molecule has 0 unspecified atom stereocenters. The van der Waals surface area contributed by atoms with Crippen LogP contribution in [0.3, 0.4) is 0 Å². The van der Waals surface area contributed by atoms with Gasteiger partial charge in [0, 0.05) is 18.9 Å². The summed E-state index contributed by atoms with van der Waals surface area (Å²) in [7, 11) is 0. The fourth-order valence-electron chi connectivity index (χ4n) is 3.03. The second-order valence-corrected chi connectivity index (χ2v) is 7.06. The van der Waals surface area contributed by atoms with Crippen LogP contribution < -0.4 is 10.1 Å². The molecule has 0 aliphatic rings. The van der Waals surface area contributed by atoms with E-state index in [0.29, 0.717) is 12.3 Å². The molecule has 1 aromatic heterocycles. The molecule has 4 aromatic rings. The highest BCUT2D eigenvalue weighted by atomic mass is 79.9. The van der Waals surface area contributed by atoms with Crippen LogP contribution in [0.4, 0.5) is 0 Å². The molecule has 1 heterocycles. The summed E-state index contributed by atoms with van der Waals surface area (Å²) in [4.78, 5) is 16.4. The maximum absolute atomic E-state index is 12.3. The highest BCUT2D eigenvalue weighted by Crippen LogP contribution is 2.32. The number of nitrogens with one attached hydrogen (secondary N) is 1. The fourth-order valence-corrected chi connectivity index (χ4v) is 3.63. The molecule has 0 aliphatic heterocycles. The standard InChI is InChI=1S/C22H18BrN3O2/c23-22-18-7-3-1-5-16(18)9-10-20(22)28-14-21(27)25-13-17-6-2-4-8-19(17)26-12-11-24-15-26/h1-12,15H,13-14H2,(H,25,27). The van der Waals surface area contributed by atoms with Crippen molar-refractivity contribution in [1.82, 2.24) is 14.9 Å². The average molecular weight is 436 g/mol. The van der Waals surface area contributed by atoms with Gasteiger partial charge in [-0.05, 0) is 44.4 Å². The van der Waals surface area contributed by atoms with Gasteiger partial charge in [0.15, 0.2) is 6.61 Å². The van der Waals surface area contributed by atoms with E-state index in [4.69, 9.17) is 4.74 Å². The van der Waals surface area contributed by atoms with Crippen molar-refractivity contribution in [1.29, 1.82) is 0 Å². The monoisotopic (exact) mass is 435 g/mol. The lowest BCUT2D eigenvalue weighted by Crippen LogP contribution is -2.28. The summed E-state index contributed by atoms with van der Waals surface area (Å²) >= 11 is 3.57. The number of benzene rings is 3. The number of hydrogen-bond acceptors (Lipinski definition) is 3. The zero-order valence-electron chi connectivity index (χ0n) is 15.0. The normalized spacial score (nSPS) is 10.8. The van der Waals surface area contributed by atoms with Crippen LogP contribution in [-0.4, -0.2) is 22.1 Å². The average Bonchev–Trinajstić information content (AvgIpc) is 3.27. The molecule has 0 aliphatic carbocycles. The van der Waals surface area contributed by atoms with Gasteiger partial charge in [-0.3, -0.25) is 4.79 Å². The zero-order valence-corrected chi connectivity index (χ0v) is 16.6. The van der Waals surface area contributed by atoms with E-state index in [1.807, 2.05) is 71.4 Å². The largest absolute Gasteiger partial charge is 0.483 e. The number of ether oxygens (including phenoxy) is 1. The number of imidazole rings is 1. The molecule has 0 saturated carbocycles. The minimum Gasteiger partial charge on any atom is -0.483 e. The van der Waals surface area contributed by atoms with Crippen molar-refractivity contribution in [3.63, 3.8) is 0 Å². The first-order valence-corrected chi connectivity index (χ1v) is 9.64. The Bertz CT molecular complexity index is 1110. The lowest BCUT2D eigenvalue weighted by molar-refractivity contribution is -0.123. The predicted octanol–water partition coefficient (Wildman–Crippen LogP) is 4.48. The molecule has 0 bridgehead atoms. The third-order valence-electron chi connectivity index (χ3n) is 4.44. The molecule has 0 saturated heterocycles. The lowest BCUT2D eigenvalue weighted by atomic mass is 10.1. The minimum atomic E-state index is -0.180. The molecule has 4 rings (SSSR count). The quantitative estimate of drug-likeness (QED) is 0.485. The van der Waals surface area contributed by atoms with Crippen molar-refractivity contribution in [2.24, 2.45) is 0 Å². The molecule has 3 aromatic carbocycles. The molecule has 1 N–H and O–H groups in total. The molecule has 6 heteroatoms. The molecular weight excluding hydrogens is 418 g/mol. The van der Waals surface area contributed by atoms with Gasteiger partial charge in [0.1, 0.15) is 5.75 Å².